The molecule has 0 amide bonds. The van der Waals surface area contributed by atoms with Crippen LogP contribution in [0.4, 0.5) is 0 Å². The number of hydrogen-bond acceptors (Lipinski definition) is 3. The second kappa shape index (κ2) is 4.93. The van der Waals surface area contributed by atoms with Crippen molar-refractivity contribution in [3.8, 4) is 0 Å². The van der Waals surface area contributed by atoms with E-state index in [9.17, 15) is 8.42 Å². The summed E-state index contributed by atoms with van der Waals surface area (Å²) in [4.78, 5) is 0. The lowest BCUT2D eigenvalue weighted by atomic mass is 9.96. The third-order valence-electron chi connectivity index (χ3n) is 2.26. The maximum Gasteiger partial charge on any atom is 0.211 e. The van der Waals surface area contributed by atoms with Gasteiger partial charge < -0.3 is 5.73 Å². The van der Waals surface area contributed by atoms with Crippen molar-refractivity contribution in [3.05, 3.63) is 0 Å². The summed E-state index contributed by atoms with van der Waals surface area (Å²) >= 11 is 0. The van der Waals surface area contributed by atoms with Crippen LogP contribution in [0.25, 0.3) is 0 Å². The first kappa shape index (κ1) is 12.9. The van der Waals surface area contributed by atoms with Gasteiger partial charge in [0.1, 0.15) is 0 Å². The van der Waals surface area contributed by atoms with Gasteiger partial charge in [0.05, 0.1) is 5.75 Å². The van der Waals surface area contributed by atoms with Crippen molar-refractivity contribution in [2.24, 2.45) is 5.73 Å². The maximum atomic E-state index is 11.3. The molecule has 0 bridgehead atoms. The normalized spacial score (nSPS) is 16.9. The molecule has 1 atom stereocenters. The first-order chi connectivity index (χ1) is 5.89. The molecule has 0 aromatic rings. The Morgan fingerprint density at radius 1 is 1.38 bits per heavy atom. The Labute approximate surface area is 80.9 Å². The van der Waals surface area contributed by atoms with Crippen molar-refractivity contribution in [2.45, 2.75) is 39.2 Å². The molecule has 0 saturated heterocycles. The summed E-state index contributed by atoms with van der Waals surface area (Å²) in [7, 11) is -3.12. The van der Waals surface area contributed by atoms with Crippen LogP contribution in [-0.2, 0) is 10.0 Å². The highest BCUT2D eigenvalue weighted by Crippen LogP contribution is 2.14. The van der Waals surface area contributed by atoms with Gasteiger partial charge in [0.25, 0.3) is 0 Å². The minimum Gasteiger partial charge on any atom is -0.330 e. The Morgan fingerprint density at radius 3 is 2.23 bits per heavy atom. The first-order valence-electron chi connectivity index (χ1n) is 4.61. The summed E-state index contributed by atoms with van der Waals surface area (Å²) in [6, 6.07) is 0. The van der Waals surface area contributed by atoms with Gasteiger partial charge in [-0.25, -0.2) is 13.1 Å². The Bertz CT molecular complexity index is 239. The highest BCUT2D eigenvalue weighted by molar-refractivity contribution is 7.89. The van der Waals surface area contributed by atoms with Crippen LogP contribution < -0.4 is 10.5 Å². The first-order valence-corrected chi connectivity index (χ1v) is 6.26. The summed E-state index contributed by atoms with van der Waals surface area (Å²) < 4.78 is 25.3. The van der Waals surface area contributed by atoms with Crippen LogP contribution in [0, 0.1) is 0 Å². The zero-order valence-electron chi connectivity index (χ0n) is 8.63. The third-order valence-corrected chi connectivity index (χ3v) is 3.82. The van der Waals surface area contributed by atoms with Gasteiger partial charge in [-0.05, 0) is 33.2 Å². The van der Waals surface area contributed by atoms with Crippen LogP contribution in [0.2, 0.25) is 0 Å². The molecule has 5 heteroatoms. The van der Waals surface area contributed by atoms with E-state index in [2.05, 4.69) is 4.72 Å². The van der Waals surface area contributed by atoms with Crippen LogP contribution in [0.3, 0.4) is 0 Å². The summed E-state index contributed by atoms with van der Waals surface area (Å²) in [5, 5.41) is 0. The third kappa shape index (κ3) is 4.59. The lowest BCUT2D eigenvalue weighted by Gasteiger charge is -2.28. The molecule has 0 saturated carbocycles. The Morgan fingerprint density at radius 2 is 1.92 bits per heavy atom. The van der Waals surface area contributed by atoms with Crippen molar-refractivity contribution < 1.29 is 8.42 Å². The Hall–Kier alpha value is -0.130. The highest BCUT2D eigenvalue weighted by atomic mass is 32.2. The largest absolute Gasteiger partial charge is 0.330 e. The molecular formula is C8H20N2O2S. The van der Waals surface area contributed by atoms with E-state index < -0.39 is 10.0 Å². The molecule has 0 heterocycles. The minimum absolute atomic E-state index is 0.118. The number of nitrogens with one attached hydrogen (secondary N) is 1. The highest BCUT2D eigenvalue weighted by Gasteiger charge is 2.25. The van der Waals surface area contributed by atoms with Crippen molar-refractivity contribution in [2.75, 3.05) is 12.3 Å². The van der Waals surface area contributed by atoms with Crippen LogP contribution in [0.15, 0.2) is 0 Å². The molecule has 80 valence electrons. The van der Waals surface area contributed by atoms with Gasteiger partial charge in [0.15, 0.2) is 0 Å². The smallest absolute Gasteiger partial charge is 0.211 e. The van der Waals surface area contributed by atoms with Gasteiger partial charge in [0.2, 0.25) is 10.0 Å². The summed E-state index contributed by atoms with van der Waals surface area (Å²) in [6.07, 6.45) is 1.42. The lowest BCUT2D eigenvalue weighted by molar-refractivity contribution is 0.379. The zero-order valence-corrected chi connectivity index (χ0v) is 9.45. The number of sulfonamides is 1. The van der Waals surface area contributed by atoms with Crippen LogP contribution in [-0.4, -0.2) is 26.3 Å². The van der Waals surface area contributed by atoms with Crippen molar-refractivity contribution >= 4 is 10.0 Å². The van der Waals surface area contributed by atoms with E-state index in [1.165, 1.54) is 0 Å². The lowest BCUT2D eigenvalue weighted by Crippen LogP contribution is -2.47. The van der Waals surface area contributed by atoms with Gasteiger partial charge in [-0.2, -0.15) is 0 Å². The topological polar surface area (TPSA) is 72.2 Å². The SMILES string of the molecule is CCC(C)(CCN)NS(=O)(=O)CC. The van der Waals surface area contributed by atoms with E-state index in [1.807, 2.05) is 13.8 Å². The number of nitrogens with two attached hydrogens (primary N) is 1. The Kier molecular flexibility index (Phi) is 4.88. The molecular weight excluding hydrogens is 188 g/mol. The second-order valence-electron chi connectivity index (χ2n) is 3.46. The van der Waals surface area contributed by atoms with Crippen LogP contribution in [0.1, 0.15) is 33.6 Å². The summed E-state index contributed by atoms with van der Waals surface area (Å²) in [5.74, 6) is 0.118. The molecule has 0 aliphatic heterocycles. The molecule has 13 heavy (non-hydrogen) atoms. The fourth-order valence-corrected chi connectivity index (χ4v) is 2.21. The summed E-state index contributed by atoms with van der Waals surface area (Å²) in [6.45, 7) is 5.96. The quantitative estimate of drug-likeness (QED) is 0.665. The molecule has 0 fully saturated rings. The van der Waals surface area contributed by atoms with E-state index in [1.54, 1.807) is 6.92 Å². The fraction of sp³-hybridized carbons (Fsp3) is 1.00. The van der Waals surface area contributed by atoms with E-state index in [4.69, 9.17) is 5.73 Å². The van der Waals surface area contributed by atoms with Crippen LogP contribution >= 0.6 is 0 Å². The average Bonchev–Trinajstić information content (AvgIpc) is 2.04. The summed E-state index contributed by atoms with van der Waals surface area (Å²) in [5.41, 5.74) is 5.03. The van der Waals surface area contributed by atoms with E-state index in [0.29, 0.717) is 13.0 Å². The van der Waals surface area contributed by atoms with E-state index >= 15 is 0 Å². The predicted octanol–water partition coefficient (Wildman–Crippen LogP) is 0.443. The second-order valence-corrected chi connectivity index (χ2v) is 5.47. The predicted molar refractivity (Wildman–Crippen MR) is 55.0 cm³/mol. The molecule has 0 aromatic carbocycles. The van der Waals surface area contributed by atoms with Gasteiger partial charge in [0, 0.05) is 5.54 Å². The van der Waals surface area contributed by atoms with Crippen molar-refractivity contribution in [1.82, 2.24) is 4.72 Å². The van der Waals surface area contributed by atoms with Crippen molar-refractivity contribution in [1.29, 1.82) is 0 Å². The van der Waals surface area contributed by atoms with Gasteiger partial charge in [-0.15, -0.1) is 0 Å². The van der Waals surface area contributed by atoms with Gasteiger partial charge in [-0.3, -0.25) is 0 Å². The number of hydrogen-bond donors (Lipinski definition) is 2. The van der Waals surface area contributed by atoms with Crippen molar-refractivity contribution in [3.63, 3.8) is 0 Å². The molecule has 1 unspecified atom stereocenters. The van der Waals surface area contributed by atoms with Gasteiger partial charge >= 0.3 is 0 Å². The standard InChI is InChI=1S/C8H20N2O2S/c1-4-8(3,6-7-9)10-13(11,12)5-2/h10H,4-7,9H2,1-3H3. The van der Waals surface area contributed by atoms with Gasteiger partial charge in [-0.1, -0.05) is 6.92 Å². The maximum absolute atomic E-state index is 11.3. The Balaban J connectivity index is 4.44. The monoisotopic (exact) mass is 208 g/mol. The van der Waals surface area contributed by atoms with E-state index in [0.717, 1.165) is 6.42 Å². The molecule has 0 aliphatic rings. The molecule has 0 aliphatic carbocycles. The average molecular weight is 208 g/mol. The minimum atomic E-state index is -3.12. The zero-order chi connectivity index (χ0) is 10.5. The number of rotatable bonds is 6. The van der Waals surface area contributed by atoms with Crippen LogP contribution in [0.5, 0.6) is 0 Å². The molecule has 3 N–H and O–H groups in total. The molecule has 0 radical (unpaired) electrons. The molecule has 0 aromatic heterocycles. The molecule has 0 spiro atoms. The fourth-order valence-electron chi connectivity index (χ4n) is 1.07. The molecule has 0 rings (SSSR count). The van der Waals surface area contributed by atoms with E-state index in [-0.39, 0.29) is 11.3 Å². The molecule has 4 nitrogen and oxygen atoms in total.